The Kier molecular flexibility index (Phi) is 3.60. The number of benzene rings is 2. The molecule has 0 saturated heterocycles. The maximum absolute atomic E-state index is 12.8. The van der Waals surface area contributed by atoms with Crippen molar-refractivity contribution in [2.75, 3.05) is 0 Å². The Bertz CT molecular complexity index is 526. The Morgan fingerprint density at radius 1 is 0.842 bits per heavy atom. The molecule has 3 rings (SSSR count). The van der Waals surface area contributed by atoms with Crippen LogP contribution in [0.2, 0.25) is 0 Å². The molecule has 1 nitrogen and oxygen atoms in total. The Morgan fingerprint density at radius 2 is 1.37 bits per heavy atom. The summed E-state index contributed by atoms with van der Waals surface area (Å²) < 4.78 is 12.8. The summed E-state index contributed by atoms with van der Waals surface area (Å²) in [6.07, 6.45) is 2.70. The molecule has 1 aliphatic rings. The third kappa shape index (κ3) is 3.42. The average molecular weight is 255 g/mol. The molecule has 0 aromatic heterocycles. The highest BCUT2D eigenvalue weighted by atomic mass is 19.1. The van der Waals surface area contributed by atoms with E-state index in [0.29, 0.717) is 0 Å². The molecule has 0 atom stereocenters. The van der Waals surface area contributed by atoms with Crippen LogP contribution >= 0.6 is 0 Å². The van der Waals surface area contributed by atoms with E-state index in [0.717, 1.165) is 24.6 Å². The zero-order valence-corrected chi connectivity index (χ0v) is 10.9. The molecule has 2 aromatic rings. The van der Waals surface area contributed by atoms with Crippen LogP contribution in [0.4, 0.5) is 4.39 Å². The number of nitrogens with one attached hydrogen (secondary N) is 1. The van der Waals surface area contributed by atoms with Gasteiger partial charge in [0.2, 0.25) is 0 Å². The van der Waals surface area contributed by atoms with E-state index in [4.69, 9.17) is 0 Å². The van der Waals surface area contributed by atoms with Crippen LogP contribution < -0.4 is 5.32 Å². The van der Waals surface area contributed by atoms with Crippen LogP contribution in [-0.4, -0.2) is 0 Å². The fourth-order valence-electron chi connectivity index (χ4n) is 2.28. The summed E-state index contributed by atoms with van der Waals surface area (Å²) in [4.78, 5) is 0. The third-order valence-electron chi connectivity index (χ3n) is 3.60. The number of hydrogen-bond acceptors (Lipinski definition) is 1. The summed E-state index contributed by atoms with van der Waals surface area (Å²) in [5, 5.41) is 3.38. The van der Waals surface area contributed by atoms with Gasteiger partial charge in [-0.1, -0.05) is 36.4 Å². The summed E-state index contributed by atoms with van der Waals surface area (Å²) in [7, 11) is 0. The molecule has 0 aliphatic heterocycles. The third-order valence-corrected chi connectivity index (χ3v) is 3.60. The van der Waals surface area contributed by atoms with Crippen molar-refractivity contribution in [3.05, 3.63) is 71.0 Å². The molecule has 19 heavy (non-hydrogen) atoms. The zero-order chi connectivity index (χ0) is 13.1. The highest BCUT2D eigenvalue weighted by Crippen LogP contribution is 2.39. The van der Waals surface area contributed by atoms with Gasteiger partial charge in [-0.05, 0) is 47.6 Å². The molecule has 1 saturated carbocycles. The molecule has 0 spiro atoms. The largest absolute Gasteiger partial charge is 0.309 e. The molecule has 0 unspecified atom stereocenters. The van der Waals surface area contributed by atoms with E-state index in [1.54, 1.807) is 0 Å². The molecule has 1 fully saturated rings. The molecule has 2 heteroatoms. The van der Waals surface area contributed by atoms with Crippen molar-refractivity contribution in [1.29, 1.82) is 0 Å². The Hall–Kier alpha value is -1.67. The maximum Gasteiger partial charge on any atom is 0.123 e. The number of halogens is 1. The number of rotatable bonds is 5. The lowest BCUT2D eigenvalue weighted by Gasteiger charge is -2.06. The molecule has 98 valence electrons. The first kappa shape index (κ1) is 12.4. The van der Waals surface area contributed by atoms with Crippen LogP contribution in [0.1, 0.15) is 35.4 Å². The zero-order valence-electron chi connectivity index (χ0n) is 10.9. The van der Waals surface area contributed by atoms with Gasteiger partial charge in [0, 0.05) is 13.1 Å². The minimum atomic E-state index is -0.181. The van der Waals surface area contributed by atoms with Crippen LogP contribution in [-0.2, 0) is 13.1 Å². The van der Waals surface area contributed by atoms with Crippen molar-refractivity contribution in [1.82, 2.24) is 5.32 Å². The molecule has 0 radical (unpaired) electrons. The Labute approximate surface area is 113 Å². The van der Waals surface area contributed by atoms with E-state index in [1.165, 1.54) is 36.1 Å². The van der Waals surface area contributed by atoms with E-state index >= 15 is 0 Å². The number of hydrogen-bond donors (Lipinski definition) is 1. The van der Waals surface area contributed by atoms with Gasteiger partial charge in [-0.2, -0.15) is 0 Å². The first-order valence-electron chi connectivity index (χ1n) is 6.85. The predicted molar refractivity (Wildman–Crippen MR) is 75.4 cm³/mol. The molecule has 0 bridgehead atoms. The molecule has 1 N–H and O–H groups in total. The predicted octanol–water partition coefficient (Wildman–Crippen LogP) is 3.99. The van der Waals surface area contributed by atoms with E-state index in [2.05, 4.69) is 29.6 Å². The van der Waals surface area contributed by atoms with Gasteiger partial charge in [-0.3, -0.25) is 0 Å². The summed E-state index contributed by atoms with van der Waals surface area (Å²) in [6, 6.07) is 15.5. The Morgan fingerprint density at radius 3 is 1.89 bits per heavy atom. The van der Waals surface area contributed by atoms with Crippen molar-refractivity contribution < 1.29 is 4.39 Å². The fourth-order valence-corrected chi connectivity index (χ4v) is 2.28. The van der Waals surface area contributed by atoms with Gasteiger partial charge >= 0.3 is 0 Å². The average Bonchev–Trinajstić information content (AvgIpc) is 3.26. The summed E-state index contributed by atoms with van der Waals surface area (Å²) in [6.45, 7) is 1.62. The van der Waals surface area contributed by atoms with E-state index in [-0.39, 0.29) is 5.82 Å². The van der Waals surface area contributed by atoms with Crippen molar-refractivity contribution in [3.8, 4) is 0 Å². The SMILES string of the molecule is Fc1ccc(CNCc2ccc(C3CC3)cc2)cc1. The van der Waals surface area contributed by atoms with E-state index in [1.807, 2.05) is 12.1 Å². The fraction of sp³-hybridized carbons (Fsp3) is 0.294. The minimum Gasteiger partial charge on any atom is -0.309 e. The van der Waals surface area contributed by atoms with Crippen molar-refractivity contribution in [3.63, 3.8) is 0 Å². The first-order chi connectivity index (χ1) is 9.31. The van der Waals surface area contributed by atoms with Gasteiger partial charge in [0.25, 0.3) is 0 Å². The van der Waals surface area contributed by atoms with Gasteiger partial charge in [-0.25, -0.2) is 4.39 Å². The second-order valence-corrected chi connectivity index (χ2v) is 5.25. The second-order valence-electron chi connectivity index (χ2n) is 5.25. The van der Waals surface area contributed by atoms with Crippen molar-refractivity contribution in [2.24, 2.45) is 0 Å². The molecule has 1 aliphatic carbocycles. The van der Waals surface area contributed by atoms with Gasteiger partial charge in [-0.15, -0.1) is 0 Å². The summed E-state index contributed by atoms with van der Waals surface area (Å²) in [5.74, 6) is 0.639. The normalized spacial score (nSPS) is 14.6. The van der Waals surface area contributed by atoms with E-state index < -0.39 is 0 Å². The van der Waals surface area contributed by atoms with Crippen LogP contribution in [0.3, 0.4) is 0 Å². The molecule has 0 amide bonds. The van der Waals surface area contributed by atoms with Crippen LogP contribution in [0, 0.1) is 5.82 Å². The van der Waals surface area contributed by atoms with Gasteiger partial charge in [0.1, 0.15) is 5.82 Å². The Balaban J connectivity index is 1.50. The lowest BCUT2D eigenvalue weighted by molar-refractivity contribution is 0.625. The maximum atomic E-state index is 12.8. The highest BCUT2D eigenvalue weighted by Gasteiger charge is 2.22. The molecule has 2 aromatic carbocycles. The summed E-state index contributed by atoms with van der Waals surface area (Å²) in [5.41, 5.74) is 3.88. The standard InChI is InChI=1S/C17H18FN/c18-17-9-3-14(4-10-17)12-19-11-13-1-5-15(6-2-13)16-7-8-16/h1-6,9-10,16,19H,7-8,11-12H2. The molecular formula is C17H18FN. The first-order valence-corrected chi connectivity index (χ1v) is 6.85. The van der Waals surface area contributed by atoms with E-state index in [9.17, 15) is 4.39 Å². The lowest BCUT2D eigenvalue weighted by atomic mass is 10.1. The van der Waals surface area contributed by atoms with Gasteiger partial charge in [0.05, 0.1) is 0 Å². The van der Waals surface area contributed by atoms with Crippen LogP contribution in [0.25, 0.3) is 0 Å². The molecule has 0 heterocycles. The molecular weight excluding hydrogens is 237 g/mol. The topological polar surface area (TPSA) is 12.0 Å². The second kappa shape index (κ2) is 5.54. The smallest absolute Gasteiger partial charge is 0.123 e. The van der Waals surface area contributed by atoms with Crippen LogP contribution in [0.5, 0.6) is 0 Å². The van der Waals surface area contributed by atoms with Gasteiger partial charge < -0.3 is 5.32 Å². The summed E-state index contributed by atoms with van der Waals surface area (Å²) >= 11 is 0. The highest BCUT2D eigenvalue weighted by molar-refractivity contribution is 5.28. The quantitative estimate of drug-likeness (QED) is 0.851. The minimum absolute atomic E-state index is 0.181. The lowest BCUT2D eigenvalue weighted by Crippen LogP contribution is -2.12. The monoisotopic (exact) mass is 255 g/mol. The van der Waals surface area contributed by atoms with Crippen LogP contribution in [0.15, 0.2) is 48.5 Å². The van der Waals surface area contributed by atoms with Gasteiger partial charge in [0.15, 0.2) is 0 Å². The van der Waals surface area contributed by atoms with Crippen molar-refractivity contribution >= 4 is 0 Å². The van der Waals surface area contributed by atoms with Crippen molar-refractivity contribution in [2.45, 2.75) is 31.8 Å².